The summed E-state index contributed by atoms with van der Waals surface area (Å²) >= 11 is 0. The molecule has 1 aromatic carbocycles. The Morgan fingerprint density at radius 1 is 0.895 bits per heavy atom. The number of halogens is 6. The molecule has 0 amide bonds. The van der Waals surface area contributed by atoms with E-state index in [4.69, 9.17) is 5.41 Å². The standard InChI is InChI=1S/C24H18F6N8/c1-36-12-17(23(25,26)27)34-20(36)14-7-5-13(6-8-14)11-38-21-16(37(2)22(38)31)10-33-19(35-21)15-4-3-9-32-18(15)24(28,29)30/h3-10,12,31H,11H2,1-2H3. The first-order valence-electron chi connectivity index (χ1n) is 11.0. The quantitative estimate of drug-likeness (QED) is 0.337. The Morgan fingerprint density at radius 2 is 1.61 bits per heavy atom. The average Bonchev–Trinajstić information content (AvgIpc) is 3.37. The minimum absolute atomic E-state index is 0.0247. The summed E-state index contributed by atoms with van der Waals surface area (Å²) in [6, 6.07) is 9.15. The van der Waals surface area contributed by atoms with E-state index in [0.29, 0.717) is 16.6 Å². The number of pyridine rings is 1. The maximum atomic E-state index is 13.5. The van der Waals surface area contributed by atoms with Crippen molar-refractivity contribution in [1.29, 1.82) is 5.41 Å². The summed E-state index contributed by atoms with van der Waals surface area (Å²) < 4.78 is 83.9. The molecule has 5 aromatic rings. The van der Waals surface area contributed by atoms with E-state index in [1.165, 1.54) is 39.1 Å². The van der Waals surface area contributed by atoms with Gasteiger partial charge in [-0.05, 0) is 17.7 Å². The summed E-state index contributed by atoms with van der Waals surface area (Å²) in [5.74, 6) is -0.0555. The lowest BCUT2D eigenvalue weighted by Crippen LogP contribution is -2.23. The number of imidazole rings is 2. The molecule has 0 spiro atoms. The molecule has 5 rings (SSSR count). The fourth-order valence-electron chi connectivity index (χ4n) is 4.10. The molecular formula is C24H18F6N8. The number of hydrogen-bond donors (Lipinski definition) is 1. The number of nitrogens with one attached hydrogen (secondary N) is 1. The number of hydrogen-bond acceptors (Lipinski definition) is 5. The fraction of sp³-hybridized carbons (Fsp3) is 0.208. The van der Waals surface area contributed by atoms with Gasteiger partial charge in [0, 0.05) is 32.1 Å². The Kier molecular flexibility index (Phi) is 5.84. The summed E-state index contributed by atoms with van der Waals surface area (Å²) in [6.45, 7) is 0.125. The Hall–Kier alpha value is -4.49. The third-order valence-electron chi connectivity index (χ3n) is 5.98. The molecule has 8 nitrogen and oxygen atoms in total. The Morgan fingerprint density at radius 3 is 2.24 bits per heavy atom. The van der Waals surface area contributed by atoms with E-state index in [1.807, 2.05) is 0 Å². The van der Waals surface area contributed by atoms with Gasteiger partial charge in [-0.25, -0.2) is 15.0 Å². The number of rotatable bonds is 4. The van der Waals surface area contributed by atoms with Crippen molar-refractivity contribution < 1.29 is 26.3 Å². The SMILES string of the molecule is Cn1cc(C(F)(F)F)nc1-c1ccc(Cn2c(=N)n(C)c3cnc(-c4cccnc4C(F)(F)F)nc32)cc1. The molecule has 1 N–H and O–H groups in total. The Labute approximate surface area is 210 Å². The average molecular weight is 532 g/mol. The van der Waals surface area contributed by atoms with E-state index in [0.717, 1.165) is 12.4 Å². The maximum Gasteiger partial charge on any atom is 0.434 e. The molecule has 0 atom stereocenters. The van der Waals surface area contributed by atoms with Crippen molar-refractivity contribution in [3.05, 3.63) is 77.6 Å². The summed E-state index contributed by atoms with van der Waals surface area (Å²) in [7, 11) is 3.07. The van der Waals surface area contributed by atoms with Gasteiger partial charge in [-0.2, -0.15) is 26.3 Å². The Balaban J connectivity index is 1.52. The van der Waals surface area contributed by atoms with Gasteiger partial charge in [0.1, 0.15) is 11.3 Å². The molecule has 4 heterocycles. The van der Waals surface area contributed by atoms with Crippen LogP contribution in [0.15, 0.2) is 55.0 Å². The van der Waals surface area contributed by atoms with Crippen molar-refractivity contribution in [1.82, 2.24) is 33.6 Å². The Bertz CT molecular complexity index is 1710. The molecule has 0 fully saturated rings. The van der Waals surface area contributed by atoms with Crippen LogP contribution in [0.3, 0.4) is 0 Å². The van der Waals surface area contributed by atoms with Crippen molar-refractivity contribution in [2.24, 2.45) is 14.1 Å². The number of aromatic nitrogens is 7. The highest BCUT2D eigenvalue weighted by Crippen LogP contribution is 2.34. The predicted octanol–water partition coefficient (Wildman–Crippen LogP) is 4.80. The molecule has 4 aromatic heterocycles. The number of fused-ring (bicyclic) bond motifs is 1. The van der Waals surface area contributed by atoms with Gasteiger partial charge in [0.25, 0.3) is 0 Å². The van der Waals surface area contributed by atoms with Gasteiger partial charge < -0.3 is 9.13 Å². The van der Waals surface area contributed by atoms with Crippen molar-refractivity contribution in [2.45, 2.75) is 18.9 Å². The smallest absolute Gasteiger partial charge is 0.333 e. The van der Waals surface area contributed by atoms with Crippen molar-refractivity contribution in [3.63, 3.8) is 0 Å². The number of nitrogens with zero attached hydrogens (tertiary/aromatic N) is 7. The van der Waals surface area contributed by atoms with Crippen LogP contribution in [0.1, 0.15) is 17.0 Å². The van der Waals surface area contributed by atoms with Crippen LogP contribution in [-0.2, 0) is 33.0 Å². The van der Waals surface area contributed by atoms with E-state index in [9.17, 15) is 26.3 Å². The first kappa shape index (κ1) is 25.2. The molecule has 0 aliphatic heterocycles. The second kappa shape index (κ2) is 8.82. The molecule has 0 radical (unpaired) electrons. The van der Waals surface area contributed by atoms with Gasteiger partial charge in [0.15, 0.2) is 22.9 Å². The molecule has 0 aliphatic carbocycles. The fourth-order valence-corrected chi connectivity index (χ4v) is 4.10. The van der Waals surface area contributed by atoms with Crippen molar-refractivity contribution in [2.75, 3.05) is 0 Å². The highest BCUT2D eigenvalue weighted by atomic mass is 19.4. The monoisotopic (exact) mass is 532 g/mol. The zero-order valence-electron chi connectivity index (χ0n) is 19.8. The molecule has 14 heteroatoms. The van der Waals surface area contributed by atoms with Crippen LogP contribution < -0.4 is 5.62 Å². The number of alkyl halides is 6. The van der Waals surface area contributed by atoms with Crippen LogP contribution in [0.5, 0.6) is 0 Å². The topological polar surface area (TPSA) is 90.2 Å². The van der Waals surface area contributed by atoms with Crippen LogP contribution in [0.2, 0.25) is 0 Å². The molecular weight excluding hydrogens is 514 g/mol. The van der Waals surface area contributed by atoms with Crippen LogP contribution in [-0.4, -0.2) is 33.6 Å². The lowest BCUT2D eigenvalue weighted by molar-refractivity contribution is -0.141. The number of aryl methyl sites for hydroxylation is 2. The first-order chi connectivity index (χ1) is 17.8. The summed E-state index contributed by atoms with van der Waals surface area (Å²) in [5.41, 5.74) is -0.571. The third kappa shape index (κ3) is 4.41. The zero-order chi connectivity index (χ0) is 27.4. The second-order valence-electron chi connectivity index (χ2n) is 8.52. The maximum absolute atomic E-state index is 13.5. The van der Waals surface area contributed by atoms with E-state index in [2.05, 4.69) is 19.9 Å². The summed E-state index contributed by atoms with van der Waals surface area (Å²) in [5, 5.41) is 8.50. The van der Waals surface area contributed by atoms with Gasteiger partial charge >= 0.3 is 12.4 Å². The van der Waals surface area contributed by atoms with E-state index in [1.54, 1.807) is 31.3 Å². The first-order valence-corrected chi connectivity index (χ1v) is 11.0. The van der Waals surface area contributed by atoms with Gasteiger partial charge in [-0.3, -0.25) is 15.0 Å². The molecule has 0 saturated carbocycles. The zero-order valence-corrected chi connectivity index (χ0v) is 19.8. The third-order valence-corrected chi connectivity index (χ3v) is 5.98. The lowest BCUT2D eigenvalue weighted by atomic mass is 10.1. The van der Waals surface area contributed by atoms with E-state index >= 15 is 0 Å². The molecule has 0 saturated heterocycles. The largest absolute Gasteiger partial charge is 0.434 e. The van der Waals surface area contributed by atoms with E-state index < -0.39 is 23.7 Å². The highest BCUT2D eigenvalue weighted by molar-refractivity contribution is 5.74. The minimum atomic E-state index is -4.71. The van der Waals surface area contributed by atoms with Crippen molar-refractivity contribution in [3.8, 4) is 22.8 Å². The van der Waals surface area contributed by atoms with Gasteiger partial charge in [0.05, 0.1) is 18.3 Å². The molecule has 0 bridgehead atoms. The van der Waals surface area contributed by atoms with Crippen LogP contribution >= 0.6 is 0 Å². The molecule has 0 unspecified atom stereocenters. The molecule has 196 valence electrons. The van der Waals surface area contributed by atoms with Crippen molar-refractivity contribution >= 4 is 11.2 Å². The van der Waals surface area contributed by atoms with Crippen LogP contribution in [0.25, 0.3) is 33.9 Å². The predicted molar refractivity (Wildman–Crippen MR) is 123 cm³/mol. The van der Waals surface area contributed by atoms with Crippen LogP contribution in [0, 0.1) is 5.41 Å². The normalized spacial score (nSPS) is 12.4. The molecule has 0 aliphatic rings. The summed E-state index contributed by atoms with van der Waals surface area (Å²) in [4.78, 5) is 15.6. The highest BCUT2D eigenvalue weighted by Gasteiger charge is 2.36. The second-order valence-corrected chi connectivity index (χ2v) is 8.52. The van der Waals surface area contributed by atoms with Crippen LogP contribution in [0.4, 0.5) is 26.3 Å². The number of benzene rings is 1. The molecule has 38 heavy (non-hydrogen) atoms. The van der Waals surface area contributed by atoms with Gasteiger partial charge in [0.2, 0.25) is 5.62 Å². The summed E-state index contributed by atoms with van der Waals surface area (Å²) in [6.07, 6.45) is -5.98. The minimum Gasteiger partial charge on any atom is -0.333 e. The van der Waals surface area contributed by atoms with Gasteiger partial charge in [-0.15, -0.1) is 0 Å². The van der Waals surface area contributed by atoms with E-state index in [-0.39, 0.29) is 35.0 Å². The lowest BCUT2D eigenvalue weighted by Gasteiger charge is -2.11. The van der Waals surface area contributed by atoms with Gasteiger partial charge in [-0.1, -0.05) is 24.3 Å².